The second kappa shape index (κ2) is 8.58. The molecule has 0 bridgehead atoms. The van der Waals surface area contributed by atoms with Gasteiger partial charge >= 0.3 is 0 Å². The normalized spacial score (nSPS) is 15.0. The minimum Gasteiger partial charge on any atom is -0.390 e. The number of rotatable bonds is 11. The van der Waals surface area contributed by atoms with Crippen LogP contribution in [0, 0.1) is 5.41 Å². The van der Waals surface area contributed by atoms with Gasteiger partial charge in [0.05, 0.1) is 5.60 Å². The SMILES string of the molecule is C=CC(C)(CCC)CCCC(=C)CC(O)(CC)CC. The average molecular weight is 266 g/mol. The van der Waals surface area contributed by atoms with E-state index in [0.717, 1.165) is 32.1 Å². The Bertz CT molecular complexity index is 275. The third-order valence-corrected chi connectivity index (χ3v) is 4.49. The minimum absolute atomic E-state index is 0.265. The van der Waals surface area contributed by atoms with Gasteiger partial charge in [0.1, 0.15) is 0 Å². The van der Waals surface area contributed by atoms with Gasteiger partial charge in [-0.25, -0.2) is 0 Å². The minimum atomic E-state index is -0.539. The molecule has 1 nitrogen and oxygen atoms in total. The van der Waals surface area contributed by atoms with Gasteiger partial charge in [-0.15, -0.1) is 6.58 Å². The van der Waals surface area contributed by atoms with Crippen LogP contribution in [0.2, 0.25) is 0 Å². The predicted molar refractivity (Wildman–Crippen MR) is 86.4 cm³/mol. The van der Waals surface area contributed by atoms with Crippen molar-refractivity contribution in [2.75, 3.05) is 0 Å². The Morgan fingerprint density at radius 2 is 1.74 bits per heavy atom. The summed E-state index contributed by atoms with van der Waals surface area (Å²) in [7, 11) is 0. The van der Waals surface area contributed by atoms with Crippen LogP contribution in [-0.2, 0) is 0 Å². The van der Waals surface area contributed by atoms with E-state index in [1.54, 1.807) is 0 Å². The van der Waals surface area contributed by atoms with Crippen molar-refractivity contribution in [1.82, 2.24) is 0 Å². The number of aliphatic hydroxyl groups is 1. The first-order valence-electron chi connectivity index (χ1n) is 7.87. The van der Waals surface area contributed by atoms with Crippen LogP contribution < -0.4 is 0 Å². The molecule has 0 amide bonds. The smallest absolute Gasteiger partial charge is 0.0679 e. The van der Waals surface area contributed by atoms with Gasteiger partial charge in [-0.3, -0.25) is 0 Å². The molecule has 0 fully saturated rings. The molecule has 0 heterocycles. The maximum absolute atomic E-state index is 10.3. The Morgan fingerprint density at radius 3 is 2.16 bits per heavy atom. The van der Waals surface area contributed by atoms with Gasteiger partial charge in [-0.05, 0) is 50.4 Å². The lowest BCUT2D eigenvalue weighted by Crippen LogP contribution is -2.27. The molecular weight excluding hydrogens is 232 g/mol. The third-order valence-electron chi connectivity index (χ3n) is 4.49. The van der Waals surface area contributed by atoms with E-state index in [1.165, 1.54) is 24.8 Å². The summed E-state index contributed by atoms with van der Waals surface area (Å²) in [5.74, 6) is 0. The van der Waals surface area contributed by atoms with Crippen molar-refractivity contribution >= 4 is 0 Å². The lowest BCUT2D eigenvalue weighted by molar-refractivity contribution is 0.0319. The fourth-order valence-electron chi connectivity index (χ4n) is 2.70. The third kappa shape index (κ3) is 6.96. The quantitative estimate of drug-likeness (QED) is 0.479. The van der Waals surface area contributed by atoms with Crippen LogP contribution in [0.1, 0.15) is 79.1 Å². The molecule has 0 saturated heterocycles. The molecule has 1 atom stereocenters. The van der Waals surface area contributed by atoms with Crippen molar-refractivity contribution in [3.05, 3.63) is 24.8 Å². The molecule has 0 aromatic rings. The summed E-state index contributed by atoms with van der Waals surface area (Å²) in [5.41, 5.74) is 0.914. The summed E-state index contributed by atoms with van der Waals surface area (Å²) in [6, 6.07) is 0. The monoisotopic (exact) mass is 266 g/mol. The molecule has 1 heteroatoms. The topological polar surface area (TPSA) is 20.2 Å². The molecule has 0 aliphatic heterocycles. The largest absolute Gasteiger partial charge is 0.390 e. The van der Waals surface area contributed by atoms with Crippen molar-refractivity contribution in [2.45, 2.75) is 84.7 Å². The summed E-state index contributed by atoms with van der Waals surface area (Å²) in [4.78, 5) is 0. The Balaban J connectivity index is 4.14. The van der Waals surface area contributed by atoms with Crippen LogP contribution in [0.25, 0.3) is 0 Å². The van der Waals surface area contributed by atoms with Crippen LogP contribution >= 0.6 is 0 Å². The molecule has 0 aliphatic rings. The molecule has 0 radical (unpaired) electrons. The maximum Gasteiger partial charge on any atom is 0.0679 e. The summed E-state index contributed by atoms with van der Waals surface area (Å²) in [6.45, 7) is 16.7. The molecular formula is C18H34O. The second-order valence-corrected chi connectivity index (χ2v) is 6.32. The Hall–Kier alpha value is -0.560. The second-order valence-electron chi connectivity index (χ2n) is 6.32. The summed E-state index contributed by atoms with van der Waals surface area (Å²) < 4.78 is 0. The highest BCUT2D eigenvalue weighted by Crippen LogP contribution is 2.32. The van der Waals surface area contributed by atoms with Crippen LogP contribution in [0.3, 0.4) is 0 Å². The summed E-state index contributed by atoms with van der Waals surface area (Å²) >= 11 is 0. The first-order chi connectivity index (χ1) is 8.84. The molecule has 1 unspecified atom stereocenters. The van der Waals surface area contributed by atoms with Gasteiger partial charge in [0.15, 0.2) is 0 Å². The van der Waals surface area contributed by atoms with Crippen molar-refractivity contribution < 1.29 is 5.11 Å². The van der Waals surface area contributed by atoms with E-state index in [2.05, 4.69) is 33.1 Å². The fourth-order valence-corrected chi connectivity index (χ4v) is 2.70. The molecule has 1 N–H and O–H groups in total. The number of hydrogen-bond acceptors (Lipinski definition) is 1. The summed E-state index contributed by atoms with van der Waals surface area (Å²) in [6.07, 6.45) is 10.2. The molecule has 19 heavy (non-hydrogen) atoms. The van der Waals surface area contributed by atoms with Gasteiger partial charge in [-0.2, -0.15) is 0 Å². The molecule has 0 aliphatic carbocycles. The first-order valence-corrected chi connectivity index (χ1v) is 7.87. The highest BCUT2D eigenvalue weighted by atomic mass is 16.3. The van der Waals surface area contributed by atoms with E-state index in [4.69, 9.17) is 0 Å². The van der Waals surface area contributed by atoms with Crippen LogP contribution in [-0.4, -0.2) is 10.7 Å². The van der Waals surface area contributed by atoms with Gasteiger partial charge in [0, 0.05) is 0 Å². The highest BCUT2D eigenvalue weighted by Gasteiger charge is 2.23. The van der Waals surface area contributed by atoms with Crippen molar-refractivity contribution in [2.24, 2.45) is 5.41 Å². The lowest BCUT2D eigenvalue weighted by atomic mass is 9.80. The Morgan fingerprint density at radius 1 is 1.16 bits per heavy atom. The van der Waals surface area contributed by atoms with Crippen molar-refractivity contribution in [3.63, 3.8) is 0 Å². The van der Waals surface area contributed by atoms with Crippen LogP contribution in [0.5, 0.6) is 0 Å². The van der Waals surface area contributed by atoms with Crippen LogP contribution in [0.15, 0.2) is 24.8 Å². The van der Waals surface area contributed by atoms with Crippen molar-refractivity contribution in [3.8, 4) is 0 Å². The molecule has 0 rings (SSSR count). The van der Waals surface area contributed by atoms with Crippen molar-refractivity contribution in [1.29, 1.82) is 0 Å². The number of hydrogen-bond donors (Lipinski definition) is 1. The number of allylic oxidation sites excluding steroid dienone is 1. The van der Waals surface area contributed by atoms with E-state index in [-0.39, 0.29) is 5.41 Å². The lowest BCUT2D eigenvalue weighted by Gasteiger charge is -2.28. The zero-order valence-corrected chi connectivity index (χ0v) is 13.6. The zero-order valence-electron chi connectivity index (χ0n) is 13.6. The van der Waals surface area contributed by atoms with Gasteiger partial charge in [-0.1, -0.05) is 52.3 Å². The molecule has 0 saturated carbocycles. The van der Waals surface area contributed by atoms with E-state index in [9.17, 15) is 5.11 Å². The van der Waals surface area contributed by atoms with E-state index in [0.29, 0.717) is 0 Å². The molecule has 0 aromatic carbocycles. The average Bonchev–Trinajstić information content (AvgIpc) is 2.38. The standard InChI is InChI=1S/C18H34O/c1-7-13-17(6,8-2)14-11-12-16(5)15-18(19,9-3)10-4/h8,19H,2,5,7,9-15H2,1,3-4,6H3. The zero-order chi connectivity index (χ0) is 14.9. The molecule has 112 valence electrons. The summed E-state index contributed by atoms with van der Waals surface area (Å²) in [5, 5.41) is 10.3. The van der Waals surface area contributed by atoms with Gasteiger partial charge < -0.3 is 5.11 Å². The Kier molecular flexibility index (Phi) is 8.33. The van der Waals surface area contributed by atoms with Gasteiger partial charge in [0.25, 0.3) is 0 Å². The van der Waals surface area contributed by atoms with E-state index >= 15 is 0 Å². The van der Waals surface area contributed by atoms with E-state index in [1.807, 2.05) is 13.8 Å². The predicted octanol–water partition coefficient (Wildman–Crippen LogP) is 5.65. The first kappa shape index (κ1) is 18.4. The molecule has 0 aromatic heterocycles. The highest BCUT2D eigenvalue weighted by molar-refractivity contribution is 5.01. The van der Waals surface area contributed by atoms with Crippen LogP contribution in [0.4, 0.5) is 0 Å². The van der Waals surface area contributed by atoms with E-state index < -0.39 is 5.60 Å². The molecule has 0 spiro atoms. The maximum atomic E-state index is 10.3. The fraction of sp³-hybridized carbons (Fsp3) is 0.778. The Labute approximate surface area is 120 Å². The van der Waals surface area contributed by atoms with Gasteiger partial charge in [0.2, 0.25) is 0 Å².